The zero-order valence-electron chi connectivity index (χ0n) is 17.7. The number of hydrogen-bond acceptors (Lipinski definition) is 2. The van der Waals surface area contributed by atoms with Crippen LogP contribution in [0.3, 0.4) is 0 Å². The SMILES string of the molecule is CCNC(=O)[C@@H](C)N(Cc1cccc(Cl)c1)C(=O)CCc1ccc(C(C)C)cc1. The molecule has 0 bridgehead atoms. The van der Waals surface area contributed by atoms with Gasteiger partial charge in [-0.1, -0.05) is 61.8 Å². The molecule has 156 valence electrons. The zero-order chi connectivity index (χ0) is 21.4. The molecule has 0 unspecified atom stereocenters. The predicted molar refractivity (Wildman–Crippen MR) is 119 cm³/mol. The van der Waals surface area contributed by atoms with Gasteiger partial charge < -0.3 is 10.2 Å². The van der Waals surface area contributed by atoms with Crippen molar-refractivity contribution in [1.29, 1.82) is 0 Å². The first-order valence-corrected chi connectivity index (χ1v) is 10.6. The molecular formula is C24H31ClN2O2. The van der Waals surface area contributed by atoms with E-state index in [9.17, 15) is 9.59 Å². The van der Waals surface area contributed by atoms with Crippen molar-refractivity contribution in [3.63, 3.8) is 0 Å². The second-order valence-corrected chi connectivity index (χ2v) is 8.05. The molecule has 2 aromatic carbocycles. The maximum atomic E-state index is 13.0. The highest BCUT2D eigenvalue weighted by atomic mass is 35.5. The molecule has 2 amide bonds. The molecule has 5 heteroatoms. The Hall–Kier alpha value is -2.33. The minimum atomic E-state index is -0.551. The molecule has 1 N–H and O–H groups in total. The number of likely N-dealkylation sites (N-methyl/N-ethyl adjacent to an activating group) is 1. The summed E-state index contributed by atoms with van der Waals surface area (Å²) in [6, 6.07) is 15.2. The lowest BCUT2D eigenvalue weighted by Gasteiger charge is -2.29. The van der Waals surface area contributed by atoms with Gasteiger partial charge in [0.2, 0.25) is 11.8 Å². The fourth-order valence-electron chi connectivity index (χ4n) is 3.20. The quantitative estimate of drug-likeness (QED) is 0.631. The summed E-state index contributed by atoms with van der Waals surface area (Å²) in [5.74, 6) is 0.289. The van der Waals surface area contributed by atoms with Crippen molar-refractivity contribution < 1.29 is 9.59 Å². The van der Waals surface area contributed by atoms with E-state index in [1.54, 1.807) is 17.9 Å². The summed E-state index contributed by atoms with van der Waals surface area (Å²) in [4.78, 5) is 27.1. The molecule has 2 aromatic rings. The van der Waals surface area contributed by atoms with Gasteiger partial charge in [-0.05, 0) is 55.0 Å². The highest BCUT2D eigenvalue weighted by Gasteiger charge is 2.25. The summed E-state index contributed by atoms with van der Waals surface area (Å²) in [5, 5.41) is 3.43. The Kier molecular flexibility index (Phi) is 8.71. The lowest BCUT2D eigenvalue weighted by molar-refractivity contribution is -0.140. The van der Waals surface area contributed by atoms with E-state index in [1.165, 1.54) is 5.56 Å². The molecule has 0 aliphatic heterocycles. The van der Waals surface area contributed by atoms with Gasteiger partial charge in [0, 0.05) is 24.5 Å². The number of halogens is 1. The van der Waals surface area contributed by atoms with Crippen LogP contribution in [0.1, 0.15) is 56.7 Å². The third-order valence-corrected chi connectivity index (χ3v) is 5.27. The fraction of sp³-hybridized carbons (Fsp3) is 0.417. The molecule has 0 saturated carbocycles. The number of benzene rings is 2. The van der Waals surface area contributed by atoms with Crippen LogP contribution in [-0.4, -0.2) is 29.3 Å². The summed E-state index contributed by atoms with van der Waals surface area (Å²) in [5.41, 5.74) is 3.31. The Bertz CT molecular complexity index is 818. The second-order valence-electron chi connectivity index (χ2n) is 7.62. The van der Waals surface area contributed by atoms with Crippen molar-refractivity contribution in [2.75, 3.05) is 6.54 Å². The number of carbonyl (C=O) groups excluding carboxylic acids is 2. The molecular weight excluding hydrogens is 384 g/mol. The molecule has 0 aromatic heterocycles. The molecule has 0 fully saturated rings. The van der Waals surface area contributed by atoms with Crippen molar-refractivity contribution in [2.45, 2.75) is 59.0 Å². The Labute approximate surface area is 179 Å². The normalized spacial score (nSPS) is 11.9. The van der Waals surface area contributed by atoms with Gasteiger partial charge in [0.1, 0.15) is 6.04 Å². The van der Waals surface area contributed by atoms with Crippen molar-refractivity contribution in [1.82, 2.24) is 10.2 Å². The summed E-state index contributed by atoms with van der Waals surface area (Å²) >= 11 is 6.09. The van der Waals surface area contributed by atoms with Crippen molar-refractivity contribution in [3.8, 4) is 0 Å². The van der Waals surface area contributed by atoms with Crippen LogP contribution in [0.4, 0.5) is 0 Å². The molecule has 0 aliphatic rings. The Morgan fingerprint density at radius 1 is 1.03 bits per heavy atom. The van der Waals surface area contributed by atoms with Crippen LogP contribution in [0, 0.1) is 0 Å². The molecule has 0 aliphatic carbocycles. The number of nitrogens with one attached hydrogen (secondary N) is 1. The largest absolute Gasteiger partial charge is 0.355 e. The number of nitrogens with zero attached hydrogens (tertiary/aromatic N) is 1. The standard InChI is InChI=1S/C24H31ClN2O2/c1-5-26-24(29)18(4)27(16-20-7-6-8-22(25)15-20)23(28)14-11-19-9-12-21(13-10-19)17(2)3/h6-10,12-13,15,17-18H,5,11,14,16H2,1-4H3,(H,26,29)/t18-/m1/s1. The maximum absolute atomic E-state index is 13.0. The van der Waals surface area contributed by atoms with Crippen molar-refractivity contribution in [3.05, 3.63) is 70.2 Å². The summed E-state index contributed by atoms with van der Waals surface area (Å²) in [6.07, 6.45) is 0.997. The average molecular weight is 415 g/mol. The van der Waals surface area contributed by atoms with Crippen LogP contribution in [0.5, 0.6) is 0 Å². The highest BCUT2D eigenvalue weighted by Crippen LogP contribution is 2.18. The zero-order valence-corrected chi connectivity index (χ0v) is 18.5. The minimum Gasteiger partial charge on any atom is -0.355 e. The summed E-state index contributed by atoms with van der Waals surface area (Å²) in [7, 11) is 0. The van der Waals surface area contributed by atoms with E-state index in [1.807, 2.05) is 25.1 Å². The van der Waals surface area contributed by atoms with Crippen molar-refractivity contribution in [2.24, 2.45) is 0 Å². The van der Waals surface area contributed by atoms with Gasteiger partial charge in [0.05, 0.1) is 0 Å². The third-order valence-electron chi connectivity index (χ3n) is 5.03. The smallest absolute Gasteiger partial charge is 0.242 e. The first-order valence-electron chi connectivity index (χ1n) is 10.2. The first-order chi connectivity index (χ1) is 13.8. The Morgan fingerprint density at radius 2 is 1.72 bits per heavy atom. The summed E-state index contributed by atoms with van der Waals surface area (Å²) in [6.45, 7) is 8.85. The second kappa shape index (κ2) is 11.0. The number of aryl methyl sites for hydroxylation is 1. The van der Waals surface area contributed by atoms with Crippen LogP contribution >= 0.6 is 11.6 Å². The van der Waals surface area contributed by atoms with E-state index in [-0.39, 0.29) is 11.8 Å². The third kappa shape index (κ3) is 6.90. The maximum Gasteiger partial charge on any atom is 0.242 e. The topological polar surface area (TPSA) is 49.4 Å². The van der Waals surface area contributed by atoms with E-state index < -0.39 is 6.04 Å². The fourth-order valence-corrected chi connectivity index (χ4v) is 3.41. The van der Waals surface area contributed by atoms with E-state index in [0.717, 1.165) is 11.1 Å². The van der Waals surface area contributed by atoms with Crippen LogP contribution in [-0.2, 0) is 22.6 Å². The minimum absolute atomic E-state index is 0.0448. The molecule has 4 nitrogen and oxygen atoms in total. The molecule has 0 heterocycles. The van der Waals surface area contributed by atoms with Gasteiger partial charge in [-0.2, -0.15) is 0 Å². The van der Waals surface area contributed by atoms with Gasteiger partial charge in [-0.25, -0.2) is 0 Å². The Morgan fingerprint density at radius 3 is 2.31 bits per heavy atom. The lowest BCUT2D eigenvalue weighted by Crippen LogP contribution is -2.47. The van der Waals surface area contributed by atoms with Gasteiger partial charge >= 0.3 is 0 Å². The number of carbonyl (C=O) groups is 2. The number of amides is 2. The molecule has 0 radical (unpaired) electrons. The van der Waals surface area contributed by atoms with Gasteiger partial charge in [-0.15, -0.1) is 0 Å². The number of rotatable bonds is 9. The average Bonchev–Trinajstić information content (AvgIpc) is 2.70. The molecule has 1 atom stereocenters. The number of hydrogen-bond donors (Lipinski definition) is 1. The van der Waals surface area contributed by atoms with Crippen LogP contribution in [0.2, 0.25) is 5.02 Å². The van der Waals surface area contributed by atoms with Gasteiger partial charge in [0.25, 0.3) is 0 Å². The first kappa shape index (κ1) is 23.0. The van der Waals surface area contributed by atoms with Crippen LogP contribution in [0.25, 0.3) is 0 Å². The molecule has 29 heavy (non-hydrogen) atoms. The van der Waals surface area contributed by atoms with Gasteiger partial charge in [0.15, 0.2) is 0 Å². The van der Waals surface area contributed by atoms with E-state index >= 15 is 0 Å². The molecule has 2 rings (SSSR count). The van der Waals surface area contributed by atoms with Crippen LogP contribution in [0.15, 0.2) is 48.5 Å². The predicted octanol–water partition coefficient (Wildman–Crippen LogP) is 4.95. The molecule has 0 saturated heterocycles. The lowest BCUT2D eigenvalue weighted by atomic mass is 10.00. The van der Waals surface area contributed by atoms with E-state index in [0.29, 0.717) is 36.9 Å². The van der Waals surface area contributed by atoms with E-state index in [4.69, 9.17) is 11.6 Å². The Balaban J connectivity index is 2.11. The highest BCUT2D eigenvalue weighted by molar-refractivity contribution is 6.30. The van der Waals surface area contributed by atoms with E-state index in [2.05, 4.69) is 43.4 Å². The monoisotopic (exact) mass is 414 g/mol. The van der Waals surface area contributed by atoms with Crippen molar-refractivity contribution >= 4 is 23.4 Å². The van der Waals surface area contributed by atoms with Gasteiger partial charge in [-0.3, -0.25) is 9.59 Å². The van der Waals surface area contributed by atoms with Crippen LogP contribution < -0.4 is 5.32 Å². The summed E-state index contributed by atoms with van der Waals surface area (Å²) < 4.78 is 0. The molecule has 0 spiro atoms.